The molecule has 1 fully saturated rings. The maximum Gasteiger partial charge on any atom is 0.253 e. The zero-order valence-corrected chi connectivity index (χ0v) is 16.4. The molecule has 0 radical (unpaired) electrons. The zero-order valence-electron chi connectivity index (χ0n) is 15.6. The molecule has 2 aromatic rings. The lowest BCUT2D eigenvalue weighted by molar-refractivity contribution is 0.0951. The number of hydrogen-bond donors (Lipinski definition) is 1. The maximum absolute atomic E-state index is 12.9. The molecule has 7 nitrogen and oxygen atoms in total. The Hall–Kier alpha value is -2.45. The third-order valence-electron chi connectivity index (χ3n) is 4.61. The molecule has 1 aromatic heterocycles. The summed E-state index contributed by atoms with van der Waals surface area (Å²) < 4.78 is 26.1. The third kappa shape index (κ3) is 4.28. The summed E-state index contributed by atoms with van der Waals surface area (Å²) in [5.74, 6) is -0.295. The lowest BCUT2D eigenvalue weighted by Crippen LogP contribution is -2.28. The smallest absolute Gasteiger partial charge is 0.253 e. The molecule has 0 aliphatic carbocycles. The van der Waals surface area contributed by atoms with Gasteiger partial charge in [-0.1, -0.05) is 6.07 Å². The molecular weight excluding hydrogens is 364 g/mol. The number of pyridine rings is 1. The minimum Gasteiger partial charge on any atom is -0.371 e. The van der Waals surface area contributed by atoms with Crippen molar-refractivity contribution in [2.45, 2.75) is 24.3 Å². The van der Waals surface area contributed by atoms with Crippen molar-refractivity contribution < 1.29 is 13.2 Å². The van der Waals surface area contributed by atoms with Crippen LogP contribution in [0.3, 0.4) is 0 Å². The third-order valence-corrected chi connectivity index (χ3v) is 6.42. The lowest BCUT2D eigenvalue weighted by atomic mass is 10.1. The van der Waals surface area contributed by atoms with Gasteiger partial charge in [0.15, 0.2) is 0 Å². The average molecular weight is 388 g/mol. The van der Waals surface area contributed by atoms with E-state index in [0.717, 1.165) is 41.5 Å². The van der Waals surface area contributed by atoms with Crippen LogP contribution >= 0.6 is 0 Å². The van der Waals surface area contributed by atoms with Gasteiger partial charge in [-0.3, -0.25) is 9.78 Å². The second-order valence-corrected chi connectivity index (χ2v) is 8.86. The minimum absolute atomic E-state index is 0.113. The molecule has 0 saturated carbocycles. The van der Waals surface area contributed by atoms with Gasteiger partial charge in [0.2, 0.25) is 10.0 Å². The first-order valence-corrected chi connectivity index (χ1v) is 10.3. The van der Waals surface area contributed by atoms with E-state index in [1.165, 1.54) is 20.2 Å². The highest BCUT2D eigenvalue weighted by atomic mass is 32.2. The van der Waals surface area contributed by atoms with Crippen molar-refractivity contribution in [3.63, 3.8) is 0 Å². The number of carbonyl (C=O) groups excluding carboxylic acids is 1. The average Bonchev–Trinajstić information content (AvgIpc) is 3.21. The van der Waals surface area contributed by atoms with Crippen molar-refractivity contribution in [1.82, 2.24) is 14.6 Å². The Morgan fingerprint density at radius 1 is 1.22 bits per heavy atom. The number of carbonyl (C=O) groups is 1. The van der Waals surface area contributed by atoms with Crippen molar-refractivity contribution in [3.8, 4) is 0 Å². The Balaban J connectivity index is 1.92. The van der Waals surface area contributed by atoms with E-state index in [1.54, 1.807) is 30.6 Å². The Labute approximate surface area is 160 Å². The van der Waals surface area contributed by atoms with Gasteiger partial charge in [0.05, 0.1) is 10.5 Å². The van der Waals surface area contributed by atoms with E-state index in [9.17, 15) is 13.2 Å². The van der Waals surface area contributed by atoms with Crippen LogP contribution in [0.2, 0.25) is 0 Å². The highest BCUT2D eigenvalue weighted by Gasteiger charge is 2.24. The van der Waals surface area contributed by atoms with Crippen LogP contribution in [0.1, 0.15) is 28.8 Å². The van der Waals surface area contributed by atoms with Crippen LogP contribution in [0.5, 0.6) is 0 Å². The molecule has 3 rings (SSSR count). The maximum atomic E-state index is 12.9. The van der Waals surface area contributed by atoms with Crippen LogP contribution in [-0.2, 0) is 16.6 Å². The number of benzene rings is 1. The summed E-state index contributed by atoms with van der Waals surface area (Å²) in [5.41, 5.74) is 2.03. The van der Waals surface area contributed by atoms with Crippen LogP contribution in [-0.4, -0.2) is 50.8 Å². The molecule has 0 bridgehead atoms. The van der Waals surface area contributed by atoms with Gasteiger partial charge in [0, 0.05) is 51.8 Å². The SMILES string of the molecule is CN(C)S(=O)(=O)c1ccc(N2CCCC2)c(C(=O)NCc2cccnc2)c1. The number of hydrogen-bond acceptors (Lipinski definition) is 5. The molecular formula is C19H24N4O3S. The molecule has 0 atom stereocenters. The fourth-order valence-corrected chi connectivity index (χ4v) is 4.01. The second-order valence-electron chi connectivity index (χ2n) is 6.70. The summed E-state index contributed by atoms with van der Waals surface area (Å²) in [6, 6.07) is 8.46. The van der Waals surface area contributed by atoms with E-state index in [2.05, 4.69) is 15.2 Å². The van der Waals surface area contributed by atoms with Crippen LogP contribution in [0.15, 0.2) is 47.6 Å². The summed E-state index contributed by atoms with van der Waals surface area (Å²) in [7, 11) is -0.659. The minimum atomic E-state index is -3.62. The van der Waals surface area contributed by atoms with E-state index in [-0.39, 0.29) is 10.8 Å². The number of sulfonamides is 1. The van der Waals surface area contributed by atoms with Crippen molar-refractivity contribution in [2.75, 3.05) is 32.1 Å². The van der Waals surface area contributed by atoms with Crippen LogP contribution in [0.4, 0.5) is 5.69 Å². The molecule has 1 aliphatic heterocycles. The van der Waals surface area contributed by atoms with Gasteiger partial charge < -0.3 is 10.2 Å². The van der Waals surface area contributed by atoms with Crippen molar-refractivity contribution >= 4 is 21.6 Å². The van der Waals surface area contributed by atoms with Gasteiger partial charge in [0.25, 0.3) is 5.91 Å². The van der Waals surface area contributed by atoms with Crippen LogP contribution in [0, 0.1) is 0 Å². The Bertz CT molecular complexity index is 908. The van der Waals surface area contributed by atoms with Gasteiger partial charge in [-0.25, -0.2) is 12.7 Å². The highest BCUT2D eigenvalue weighted by molar-refractivity contribution is 7.89. The fraction of sp³-hybridized carbons (Fsp3) is 0.368. The first kappa shape index (κ1) is 19.3. The number of anilines is 1. The molecule has 1 saturated heterocycles. The number of nitrogens with one attached hydrogen (secondary N) is 1. The lowest BCUT2D eigenvalue weighted by Gasteiger charge is -2.22. The molecule has 1 aliphatic rings. The highest BCUT2D eigenvalue weighted by Crippen LogP contribution is 2.28. The number of rotatable bonds is 6. The molecule has 0 spiro atoms. The van der Waals surface area contributed by atoms with Gasteiger partial charge in [0.1, 0.15) is 0 Å². The summed E-state index contributed by atoms with van der Waals surface area (Å²) in [6.07, 6.45) is 5.49. The summed E-state index contributed by atoms with van der Waals surface area (Å²) in [4.78, 5) is 19.2. The van der Waals surface area contributed by atoms with Crippen LogP contribution < -0.4 is 10.2 Å². The molecule has 0 unspecified atom stereocenters. The molecule has 1 amide bonds. The van der Waals surface area contributed by atoms with Gasteiger partial charge in [-0.05, 0) is 42.7 Å². The van der Waals surface area contributed by atoms with E-state index in [0.29, 0.717) is 12.1 Å². The van der Waals surface area contributed by atoms with Crippen molar-refractivity contribution in [1.29, 1.82) is 0 Å². The number of nitrogens with zero attached hydrogens (tertiary/aromatic N) is 3. The zero-order chi connectivity index (χ0) is 19.4. The standard InChI is InChI=1S/C19H24N4O3S/c1-22(2)27(25,26)16-7-8-18(23-10-3-4-11-23)17(12-16)19(24)21-14-15-6-5-9-20-13-15/h5-9,12-13H,3-4,10-11,14H2,1-2H3,(H,21,24). The normalized spacial score (nSPS) is 14.6. The Kier molecular flexibility index (Phi) is 5.76. The fourth-order valence-electron chi connectivity index (χ4n) is 3.08. The number of amides is 1. The molecule has 1 N–H and O–H groups in total. The first-order chi connectivity index (χ1) is 12.9. The molecule has 8 heteroatoms. The predicted octanol–water partition coefficient (Wildman–Crippen LogP) is 1.86. The quantitative estimate of drug-likeness (QED) is 0.817. The van der Waals surface area contributed by atoms with Crippen molar-refractivity contribution in [3.05, 3.63) is 53.9 Å². The first-order valence-electron chi connectivity index (χ1n) is 8.88. The predicted molar refractivity (Wildman–Crippen MR) is 104 cm³/mol. The van der Waals surface area contributed by atoms with E-state index < -0.39 is 10.0 Å². The topological polar surface area (TPSA) is 82.6 Å². The largest absolute Gasteiger partial charge is 0.371 e. The summed E-state index contributed by atoms with van der Waals surface area (Å²) in [6.45, 7) is 2.06. The Morgan fingerprint density at radius 3 is 2.59 bits per heavy atom. The number of aromatic nitrogens is 1. The summed E-state index contributed by atoms with van der Waals surface area (Å²) in [5, 5.41) is 2.87. The molecule has 1 aromatic carbocycles. The molecule has 144 valence electrons. The van der Waals surface area contributed by atoms with E-state index in [1.807, 2.05) is 6.07 Å². The van der Waals surface area contributed by atoms with E-state index >= 15 is 0 Å². The summed E-state index contributed by atoms with van der Waals surface area (Å²) >= 11 is 0. The van der Waals surface area contributed by atoms with Gasteiger partial charge in [-0.2, -0.15) is 0 Å². The monoisotopic (exact) mass is 388 g/mol. The Morgan fingerprint density at radius 2 is 1.96 bits per heavy atom. The second kappa shape index (κ2) is 8.06. The van der Waals surface area contributed by atoms with E-state index in [4.69, 9.17) is 0 Å². The van der Waals surface area contributed by atoms with Gasteiger partial charge in [-0.15, -0.1) is 0 Å². The molecule has 2 heterocycles. The van der Waals surface area contributed by atoms with Crippen LogP contribution in [0.25, 0.3) is 0 Å². The molecule has 27 heavy (non-hydrogen) atoms. The van der Waals surface area contributed by atoms with Crippen molar-refractivity contribution in [2.24, 2.45) is 0 Å². The van der Waals surface area contributed by atoms with Gasteiger partial charge >= 0.3 is 0 Å².